The zero-order valence-corrected chi connectivity index (χ0v) is 11.1. The molecule has 94 valence electrons. The van der Waals surface area contributed by atoms with Crippen LogP contribution in [-0.2, 0) is 0 Å². The average Bonchev–Trinajstić information content (AvgIpc) is 2.42. The van der Waals surface area contributed by atoms with E-state index in [0.717, 1.165) is 6.04 Å². The van der Waals surface area contributed by atoms with Gasteiger partial charge in [-0.05, 0) is 38.1 Å². The maximum Gasteiger partial charge on any atom is 0.0366 e. The van der Waals surface area contributed by atoms with E-state index in [1.807, 2.05) is 0 Å². The zero-order valence-electron chi connectivity index (χ0n) is 11.1. The van der Waals surface area contributed by atoms with Gasteiger partial charge >= 0.3 is 0 Å². The van der Waals surface area contributed by atoms with Gasteiger partial charge in [0.05, 0.1) is 0 Å². The third kappa shape index (κ3) is 3.01. The van der Waals surface area contributed by atoms with E-state index in [1.165, 1.54) is 44.7 Å². The minimum Gasteiger partial charge on any atom is -0.371 e. The maximum absolute atomic E-state index is 2.60. The molecule has 0 saturated carbocycles. The van der Waals surface area contributed by atoms with Crippen molar-refractivity contribution >= 4 is 5.69 Å². The lowest BCUT2D eigenvalue weighted by Gasteiger charge is -2.38. The summed E-state index contributed by atoms with van der Waals surface area (Å²) in [6, 6.07) is 11.6. The average molecular weight is 232 g/mol. The third-order valence-electron chi connectivity index (χ3n) is 3.91. The summed E-state index contributed by atoms with van der Waals surface area (Å²) >= 11 is 0. The Labute approximate surface area is 105 Å². The normalized spacial score (nSPS) is 17.7. The number of nitrogens with zero attached hydrogens (tertiary/aromatic N) is 2. The fourth-order valence-electron chi connectivity index (χ4n) is 2.87. The number of hydrogen-bond donors (Lipinski definition) is 0. The highest BCUT2D eigenvalue weighted by Gasteiger charge is 2.22. The zero-order chi connectivity index (χ0) is 12.1. The van der Waals surface area contributed by atoms with E-state index in [0.29, 0.717) is 0 Å². The first-order valence-corrected chi connectivity index (χ1v) is 6.89. The Hall–Kier alpha value is -1.02. The summed E-state index contributed by atoms with van der Waals surface area (Å²) in [5.74, 6) is 0. The van der Waals surface area contributed by atoms with Gasteiger partial charge in [-0.25, -0.2) is 0 Å². The number of rotatable bonds is 4. The Balaban J connectivity index is 1.90. The summed E-state index contributed by atoms with van der Waals surface area (Å²) < 4.78 is 0. The highest BCUT2D eigenvalue weighted by Crippen LogP contribution is 2.21. The lowest BCUT2D eigenvalue weighted by molar-refractivity contribution is 0.186. The van der Waals surface area contributed by atoms with Gasteiger partial charge < -0.3 is 9.80 Å². The second-order valence-corrected chi connectivity index (χ2v) is 4.77. The molecule has 2 nitrogen and oxygen atoms in total. The molecule has 1 saturated heterocycles. The second-order valence-electron chi connectivity index (χ2n) is 4.77. The second kappa shape index (κ2) is 6.06. The Morgan fingerprint density at radius 2 is 1.65 bits per heavy atom. The minimum absolute atomic E-state index is 0.796. The van der Waals surface area contributed by atoms with E-state index in [-0.39, 0.29) is 0 Å². The van der Waals surface area contributed by atoms with Crippen molar-refractivity contribution in [2.24, 2.45) is 0 Å². The van der Waals surface area contributed by atoms with Crippen LogP contribution in [-0.4, -0.2) is 37.1 Å². The van der Waals surface area contributed by atoms with Crippen LogP contribution in [0.4, 0.5) is 5.69 Å². The molecule has 0 aliphatic carbocycles. The van der Waals surface area contributed by atoms with Crippen molar-refractivity contribution in [3.8, 4) is 0 Å². The van der Waals surface area contributed by atoms with Crippen LogP contribution in [0.2, 0.25) is 0 Å². The van der Waals surface area contributed by atoms with E-state index in [9.17, 15) is 0 Å². The molecule has 1 aliphatic heterocycles. The number of para-hydroxylation sites is 1. The van der Waals surface area contributed by atoms with E-state index >= 15 is 0 Å². The van der Waals surface area contributed by atoms with Gasteiger partial charge in [0, 0.05) is 24.8 Å². The molecular formula is C15H24N2. The first-order chi connectivity index (χ1) is 8.35. The summed E-state index contributed by atoms with van der Waals surface area (Å²) in [6.07, 6.45) is 2.60. The molecule has 2 rings (SSSR count). The largest absolute Gasteiger partial charge is 0.371 e. The Bertz CT molecular complexity index is 311. The van der Waals surface area contributed by atoms with Crippen LogP contribution in [0.1, 0.15) is 26.7 Å². The first-order valence-electron chi connectivity index (χ1n) is 6.89. The molecule has 17 heavy (non-hydrogen) atoms. The summed E-state index contributed by atoms with van der Waals surface area (Å²) in [7, 11) is 0. The molecular weight excluding hydrogens is 208 g/mol. The van der Waals surface area contributed by atoms with Crippen molar-refractivity contribution in [3.63, 3.8) is 0 Å². The summed E-state index contributed by atoms with van der Waals surface area (Å²) in [4.78, 5) is 5.11. The minimum atomic E-state index is 0.796. The molecule has 1 aromatic rings. The smallest absolute Gasteiger partial charge is 0.0366 e. The topological polar surface area (TPSA) is 6.48 Å². The predicted octanol–water partition coefficient (Wildman–Crippen LogP) is 3.00. The Morgan fingerprint density at radius 3 is 2.18 bits per heavy atom. The van der Waals surface area contributed by atoms with Crippen LogP contribution < -0.4 is 4.90 Å². The monoisotopic (exact) mass is 232 g/mol. The van der Waals surface area contributed by atoms with Crippen LogP contribution in [0, 0.1) is 0 Å². The van der Waals surface area contributed by atoms with Crippen LogP contribution in [0.25, 0.3) is 0 Å². The molecule has 0 radical (unpaired) electrons. The lowest BCUT2D eigenvalue weighted by Crippen LogP contribution is -2.44. The molecule has 0 spiro atoms. The van der Waals surface area contributed by atoms with Gasteiger partial charge in [-0.3, -0.25) is 0 Å². The van der Waals surface area contributed by atoms with Crippen LogP contribution in [0.15, 0.2) is 30.3 Å². The molecule has 0 amide bonds. The quantitative estimate of drug-likeness (QED) is 0.787. The molecule has 0 aromatic heterocycles. The standard InChI is InChI=1S/C15H24N2/c1-3-16(4-2)15-10-12-17(13-11-15)14-8-6-5-7-9-14/h5-9,15H,3-4,10-13H2,1-2H3. The summed E-state index contributed by atoms with van der Waals surface area (Å²) in [6.45, 7) is 9.31. The van der Waals surface area contributed by atoms with Gasteiger partial charge in [-0.2, -0.15) is 0 Å². The number of piperidine rings is 1. The lowest BCUT2D eigenvalue weighted by atomic mass is 10.0. The molecule has 1 fully saturated rings. The number of hydrogen-bond acceptors (Lipinski definition) is 2. The van der Waals surface area contributed by atoms with Crippen molar-refractivity contribution in [1.29, 1.82) is 0 Å². The molecule has 1 heterocycles. The molecule has 2 heteroatoms. The molecule has 0 atom stereocenters. The van der Waals surface area contributed by atoms with Crippen LogP contribution in [0.5, 0.6) is 0 Å². The van der Waals surface area contributed by atoms with Gasteiger partial charge in [0.2, 0.25) is 0 Å². The van der Waals surface area contributed by atoms with Crippen molar-refractivity contribution in [3.05, 3.63) is 30.3 Å². The highest BCUT2D eigenvalue weighted by molar-refractivity contribution is 5.46. The van der Waals surface area contributed by atoms with Gasteiger partial charge in [0.1, 0.15) is 0 Å². The van der Waals surface area contributed by atoms with E-state index < -0.39 is 0 Å². The van der Waals surface area contributed by atoms with E-state index in [2.05, 4.69) is 54.0 Å². The highest BCUT2D eigenvalue weighted by atomic mass is 15.2. The van der Waals surface area contributed by atoms with Crippen molar-refractivity contribution in [2.45, 2.75) is 32.7 Å². The van der Waals surface area contributed by atoms with Gasteiger partial charge in [-0.15, -0.1) is 0 Å². The Kier molecular flexibility index (Phi) is 4.43. The van der Waals surface area contributed by atoms with Gasteiger partial charge in [0.15, 0.2) is 0 Å². The summed E-state index contributed by atoms with van der Waals surface area (Å²) in [5.41, 5.74) is 1.38. The van der Waals surface area contributed by atoms with Crippen LogP contribution in [0.3, 0.4) is 0 Å². The third-order valence-corrected chi connectivity index (χ3v) is 3.91. The molecule has 1 aliphatic rings. The number of anilines is 1. The maximum atomic E-state index is 2.60. The molecule has 0 unspecified atom stereocenters. The fourth-order valence-corrected chi connectivity index (χ4v) is 2.87. The van der Waals surface area contributed by atoms with Crippen LogP contribution >= 0.6 is 0 Å². The van der Waals surface area contributed by atoms with E-state index in [1.54, 1.807) is 0 Å². The van der Waals surface area contributed by atoms with Crippen molar-refractivity contribution in [2.75, 3.05) is 31.1 Å². The van der Waals surface area contributed by atoms with E-state index in [4.69, 9.17) is 0 Å². The summed E-state index contributed by atoms with van der Waals surface area (Å²) in [5, 5.41) is 0. The molecule has 0 bridgehead atoms. The molecule has 1 aromatic carbocycles. The van der Waals surface area contributed by atoms with Crippen molar-refractivity contribution in [1.82, 2.24) is 4.90 Å². The fraction of sp³-hybridized carbons (Fsp3) is 0.600. The van der Waals surface area contributed by atoms with Gasteiger partial charge in [0.25, 0.3) is 0 Å². The predicted molar refractivity (Wildman–Crippen MR) is 74.6 cm³/mol. The van der Waals surface area contributed by atoms with Crippen molar-refractivity contribution < 1.29 is 0 Å². The Morgan fingerprint density at radius 1 is 1.06 bits per heavy atom. The first kappa shape index (κ1) is 12.4. The SMILES string of the molecule is CCN(CC)C1CCN(c2ccccc2)CC1. The van der Waals surface area contributed by atoms with Gasteiger partial charge in [-0.1, -0.05) is 32.0 Å². The number of benzene rings is 1. The molecule has 0 N–H and O–H groups in total.